The summed E-state index contributed by atoms with van der Waals surface area (Å²) in [5, 5.41) is 50.6. The number of carboxylic acids is 1. The first kappa shape index (κ1) is 69.6. The van der Waals surface area contributed by atoms with Gasteiger partial charge in [-0.25, -0.2) is 4.79 Å². The Hall–Kier alpha value is -9.63. The number of hydrogen-bond donors (Lipinski definition) is 20. The predicted octanol–water partition coefficient (Wildman–Crippen LogP) is -7.05. The van der Waals surface area contributed by atoms with Crippen molar-refractivity contribution in [3.05, 3.63) is 65.9 Å². The van der Waals surface area contributed by atoms with Crippen LogP contribution >= 0.6 is 0 Å². The van der Waals surface area contributed by atoms with Crippen LogP contribution in [-0.2, 0) is 65.6 Å². The first-order valence-electron chi connectivity index (χ1n) is 27.0. The molecule has 0 radical (unpaired) electrons. The monoisotopic (exact) mass is 1190 g/mol. The van der Waals surface area contributed by atoms with Crippen molar-refractivity contribution in [2.45, 2.75) is 132 Å². The summed E-state index contributed by atoms with van der Waals surface area (Å²) in [5.74, 6) is -12.1. The van der Waals surface area contributed by atoms with Gasteiger partial charge in [0.25, 0.3) is 0 Å². The molecule has 0 fully saturated rings. The number of phenols is 1. The highest BCUT2D eigenvalue weighted by molar-refractivity contribution is 5.99. The number of amides is 10. The summed E-state index contributed by atoms with van der Waals surface area (Å²) >= 11 is 0. The number of aromatic hydroxyl groups is 1. The number of benzene rings is 2. The number of aliphatic hydroxyl groups is 1. The summed E-state index contributed by atoms with van der Waals surface area (Å²) in [6.45, 7) is 0.456. The number of aliphatic hydroxyl groups excluding tert-OH is 1. The summed E-state index contributed by atoms with van der Waals surface area (Å²) in [5.41, 5.74) is 45.3. The maximum Gasteiger partial charge on any atom is 0.326 e. The number of H-pyrrole nitrogens is 1. The second-order valence-corrected chi connectivity index (χ2v) is 19.8. The molecule has 0 bridgehead atoms. The number of aromatic amines is 1. The number of para-hydroxylation sites is 1. The number of nitrogens with one attached hydrogen (secondary N) is 9. The molecule has 0 unspecified atom stereocenters. The van der Waals surface area contributed by atoms with Crippen LogP contribution in [0.3, 0.4) is 0 Å². The zero-order valence-corrected chi connectivity index (χ0v) is 46.8. The van der Waals surface area contributed by atoms with Crippen LogP contribution < -0.4 is 88.4 Å². The van der Waals surface area contributed by atoms with E-state index in [-0.39, 0.29) is 82.2 Å². The van der Waals surface area contributed by atoms with Crippen molar-refractivity contribution in [2.24, 2.45) is 55.9 Å². The lowest BCUT2D eigenvalue weighted by Gasteiger charge is -2.27. The molecule has 28 N–H and O–H groups in total. The van der Waals surface area contributed by atoms with E-state index in [1.165, 1.54) is 24.3 Å². The van der Waals surface area contributed by atoms with Gasteiger partial charge < -0.3 is 109 Å². The Balaban J connectivity index is 1.99. The molecule has 0 saturated heterocycles. The van der Waals surface area contributed by atoms with Gasteiger partial charge in [-0.05, 0) is 87.7 Å². The fraction of sp³-hybridized carbons (Fsp3) is 0.481. The molecule has 0 aliphatic rings. The fourth-order valence-electron chi connectivity index (χ4n) is 8.37. The molecule has 10 amide bonds. The van der Waals surface area contributed by atoms with Crippen molar-refractivity contribution in [1.82, 2.24) is 47.5 Å². The standard InChI is InChI=1S/C52H79N19O14/c1-26(72)42(71-46(80)33(10-4-5-17-53)66-43(77)31(54)22-39(55)74)49(83)64-25-41(76)65-36(20-27-13-15-29(73)16-14-27)47(81)67-34(11-6-18-61-51(57)58)44(78)69-37(21-28-24-63-32-9-3-2-8-30(28)32)48(82)68-35(12-7-19-62-52(59)60)45(79)70-38(50(84)85)23-40(56)75/h2-3,8-9,13-16,24,26,31,33-38,42,63,72-73H,4-7,10-12,17-23,25,53-54H2,1H3,(H2,55,74)(H2,56,75)(H,64,83)(H,65,76)(H,66,77)(H,67,81)(H,68,82)(H,69,78)(H,70,79)(H,71,80)(H,84,85)(H4,57,58,61)(H4,59,60,62)/t26-,31+,33+,34+,35+,36+,37+,38+,42+/m1/s1. The molecular weight excluding hydrogens is 1110 g/mol. The van der Waals surface area contributed by atoms with Crippen molar-refractivity contribution in [3.63, 3.8) is 0 Å². The minimum atomic E-state index is -1.79. The van der Waals surface area contributed by atoms with Crippen molar-refractivity contribution in [1.29, 1.82) is 0 Å². The van der Waals surface area contributed by atoms with Gasteiger partial charge in [-0.2, -0.15) is 0 Å². The van der Waals surface area contributed by atoms with Gasteiger partial charge in [-0.1, -0.05) is 30.3 Å². The Bertz CT molecular complexity index is 2860. The number of nitrogens with zero attached hydrogens (tertiary/aromatic N) is 2. The maximum absolute atomic E-state index is 14.7. The van der Waals surface area contributed by atoms with Gasteiger partial charge in [0.05, 0.1) is 31.5 Å². The average Bonchev–Trinajstić information content (AvgIpc) is 3.75. The number of carboxylic acid groups (broad SMARTS) is 1. The molecule has 9 atom stereocenters. The molecule has 1 aromatic heterocycles. The highest BCUT2D eigenvalue weighted by atomic mass is 16.4. The number of hydrogen-bond acceptors (Lipinski definition) is 17. The number of aliphatic carboxylic acids is 1. The van der Waals surface area contributed by atoms with E-state index in [1.807, 2.05) is 0 Å². The van der Waals surface area contributed by atoms with Crippen LogP contribution in [-0.4, -0.2) is 178 Å². The summed E-state index contributed by atoms with van der Waals surface area (Å²) in [7, 11) is 0. The van der Waals surface area contributed by atoms with Gasteiger partial charge in [0.15, 0.2) is 11.9 Å². The molecule has 0 aliphatic heterocycles. The third-order valence-electron chi connectivity index (χ3n) is 12.8. The summed E-state index contributed by atoms with van der Waals surface area (Å²) in [6, 6.07) is 0.0594. The third-order valence-corrected chi connectivity index (χ3v) is 12.8. The fourth-order valence-corrected chi connectivity index (χ4v) is 8.37. The average molecular weight is 1190 g/mol. The third kappa shape index (κ3) is 25.2. The molecule has 1 heterocycles. The molecule has 0 saturated carbocycles. The Labute approximate surface area is 487 Å². The van der Waals surface area contributed by atoms with Gasteiger partial charge in [0.1, 0.15) is 48.0 Å². The van der Waals surface area contributed by atoms with Crippen LogP contribution in [0.4, 0.5) is 0 Å². The second kappa shape index (κ2) is 35.4. The number of carbonyl (C=O) groups excluding carboxylic acids is 10. The normalized spacial score (nSPS) is 14.1. The largest absolute Gasteiger partial charge is 0.508 e. The molecule has 3 rings (SSSR count). The summed E-state index contributed by atoms with van der Waals surface area (Å²) in [6.07, 6.45) is -1.42. The molecule has 2 aromatic carbocycles. The van der Waals surface area contributed by atoms with Crippen LogP contribution in [0.25, 0.3) is 10.9 Å². The molecule has 3 aromatic rings. The van der Waals surface area contributed by atoms with E-state index in [4.69, 9.17) is 45.9 Å². The van der Waals surface area contributed by atoms with Crippen LogP contribution in [0.2, 0.25) is 0 Å². The first-order chi connectivity index (χ1) is 40.2. The zero-order valence-electron chi connectivity index (χ0n) is 46.8. The number of rotatable bonds is 38. The number of nitrogens with two attached hydrogens (primary N) is 8. The molecule has 33 heteroatoms. The lowest BCUT2D eigenvalue weighted by atomic mass is 10.0. The minimum absolute atomic E-state index is 0.00264. The Morgan fingerprint density at radius 1 is 0.565 bits per heavy atom. The van der Waals surface area contributed by atoms with Crippen molar-refractivity contribution < 1.29 is 68.1 Å². The number of carbonyl (C=O) groups is 11. The smallest absolute Gasteiger partial charge is 0.326 e. The number of guanidine groups is 2. The SMILES string of the molecule is C[C@@H](O)[C@H](NC(=O)[C@H](CCCCN)NC(=O)[C@@H](N)CC(N)=O)C(=O)NCC(=O)N[C@@H](Cc1ccc(O)cc1)C(=O)N[C@@H](CCCN=C(N)N)C(=O)N[C@@H](Cc1c[nH]c2ccccc12)C(=O)N[C@@H](CCCN=C(N)N)C(=O)N[C@@H](CC(N)=O)C(=O)O. The van der Waals surface area contributed by atoms with Crippen LogP contribution in [0.5, 0.6) is 5.75 Å². The molecule has 466 valence electrons. The van der Waals surface area contributed by atoms with E-state index in [0.717, 1.165) is 6.92 Å². The van der Waals surface area contributed by atoms with E-state index in [9.17, 15) is 68.1 Å². The van der Waals surface area contributed by atoms with Crippen LogP contribution in [0, 0.1) is 0 Å². The lowest BCUT2D eigenvalue weighted by molar-refractivity contribution is -0.143. The Kier molecular flexibility index (Phi) is 29.0. The van der Waals surface area contributed by atoms with E-state index in [2.05, 4.69) is 57.5 Å². The number of aliphatic imine (C=N–C) groups is 2. The quantitative estimate of drug-likeness (QED) is 0.0144. The highest BCUT2D eigenvalue weighted by Crippen LogP contribution is 2.20. The first-order valence-corrected chi connectivity index (χ1v) is 27.0. The van der Waals surface area contributed by atoms with Gasteiger partial charge in [-0.15, -0.1) is 0 Å². The minimum Gasteiger partial charge on any atom is -0.508 e. The predicted molar refractivity (Wildman–Crippen MR) is 308 cm³/mol. The zero-order chi connectivity index (χ0) is 63.3. The molecule has 0 spiro atoms. The summed E-state index contributed by atoms with van der Waals surface area (Å²) in [4.78, 5) is 157. The van der Waals surface area contributed by atoms with Gasteiger partial charge in [0, 0.05) is 43.0 Å². The Morgan fingerprint density at radius 2 is 1.05 bits per heavy atom. The topological polar surface area (TPSA) is 593 Å². The van der Waals surface area contributed by atoms with Crippen LogP contribution in [0.15, 0.2) is 64.7 Å². The number of aromatic nitrogens is 1. The van der Waals surface area contributed by atoms with Crippen LogP contribution in [0.1, 0.15) is 75.8 Å². The van der Waals surface area contributed by atoms with Gasteiger partial charge >= 0.3 is 5.97 Å². The number of fused-ring (bicyclic) bond motifs is 1. The van der Waals surface area contributed by atoms with E-state index >= 15 is 0 Å². The van der Waals surface area contributed by atoms with Crippen molar-refractivity contribution >= 4 is 87.9 Å². The number of phenolic OH excluding ortho intramolecular Hbond substituents is 1. The number of unbranched alkanes of at least 4 members (excludes halogenated alkanes) is 1. The molecule has 85 heavy (non-hydrogen) atoms. The molecule has 33 nitrogen and oxygen atoms in total. The van der Waals surface area contributed by atoms with E-state index in [1.54, 1.807) is 30.5 Å². The van der Waals surface area contributed by atoms with E-state index in [0.29, 0.717) is 34.9 Å². The van der Waals surface area contributed by atoms with Gasteiger partial charge in [0.2, 0.25) is 59.1 Å². The van der Waals surface area contributed by atoms with Crippen molar-refractivity contribution in [3.8, 4) is 5.75 Å². The van der Waals surface area contributed by atoms with Crippen molar-refractivity contribution in [2.75, 3.05) is 26.2 Å². The maximum atomic E-state index is 14.7. The van der Waals surface area contributed by atoms with Gasteiger partial charge in [-0.3, -0.25) is 57.9 Å². The number of primary amides is 2. The van der Waals surface area contributed by atoms with E-state index < -0.39 is 139 Å². The molecular formula is C52H79N19O14. The highest BCUT2D eigenvalue weighted by Gasteiger charge is 2.35. The lowest BCUT2D eigenvalue weighted by Crippen LogP contribution is -2.60. The Morgan fingerprint density at radius 3 is 1.56 bits per heavy atom. The summed E-state index contributed by atoms with van der Waals surface area (Å²) < 4.78 is 0. The second-order valence-electron chi connectivity index (χ2n) is 19.8. The molecule has 0 aliphatic carbocycles.